The van der Waals surface area contributed by atoms with Gasteiger partial charge in [-0.2, -0.15) is 0 Å². The number of nitrogens with one attached hydrogen (secondary N) is 1. The van der Waals surface area contributed by atoms with Crippen LogP contribution in [0, 0.1) is 17.6 Å². The summed E-state index contributed by atoms with van der Waals surface area (Å²) >= 11 is 0. The molecule has 0 aromatic heterocycles. The van der Waals surface area contributed by atoms with E-state index in [9.17, 15) is 8.78 Å². The second kappa shape index (κ2) is 6.62. The molecule has 2 aromatic rings. The summed E-state index contributed by atoms with van der Waals surface area (Å²) in [5.74, 6) is -0.589. The first kappa shape index (κ1) is 14.7. The zero-order valence-electron chi connectivity index (χ0n) is 11.7. The summed E-state index contributed by atoms with van der Waals surface area (Å²) in [7, 11) is 1.89. The molecule has 2 aromatic carbocycles. The maximum Gasteiger partial charge on any atom is 0.126 e. The lowest BCUT2D eigenvalue weighted by Crippen LogP contribution is -2.25. The minimum Gasteiger partial charge on any atom is -0.313 e. The van der Waals surface area contributed by atoms with Crippen molar-refractivity contribution in [2.45, 2.75) is 19.4 Å². The fourth-order valence-corrected chi connectivity index (χ4v) is 2.60. The van der Waals surface area contributed by atoms with E-state index < -0.39 is 5.82 Å². The average Bonchev–Trinajstić information content (AvgIpc) is 2.45. The molecule has 20 heavy (non-hydrogen) atoms. The first-order chi connectivity index (χ1) is 9.61. The minimum absolute atomic E-state index is 0.110. The van der Waals surface area contributed by atoms with Crippen molar-refractivity contribution in [2.24, 2.45) is 5.92 Å². The summed E-state index contributed by atoms with van der Waals surface area (Å²) in [6.07, 6.45) is 0.490. The molecule has 2 unspecified atom stereocenters. The summed E-state index contributed by atoms with van der Waals surface area (Å²) in [6, 6.07) is 13.7. The Morgan fingerprint density at radius 3 is 2.40 bits per heavy atom. The van der Waals surface area contributed by atoms with E-state index in [2.05, 4.69) is 5.32 Å². The largest absolute Gasteiger partial charge is 0.313 e. The minimum atomic E-state index is -0.394. The highest BCUT2D eigenvalue weighted by atomic mass is 19.1. The van der Waals surface area contributed by atoms with Crippen LogP contribution in [0.5, 0.6) is 0 Å². The fraction of sp³-hybridized carbons (Fsp3) is 0.294. The molecule has 0 saturated carbocycles. The van der Waals surface area contributed by atoms with Gasteiger partial charge in [0.05, 0.1) is 0 Å². The van der Waals surface area contributed by atoms with Gasteiger partial charge in [0, 0.05) is 6.04 Å². The molecule has 0 amide bonds. The Hall–Kier alpha value is -1.74. The van der Waals surface area contributed by atoms with Crippen LogP contribution in [0.2, 0.25) is 0 Å². The Bertz CT molecular complexity index is 554. The second-order valence-corrected chi connectivity index (χ2v) is 5.09. The van der Waals surface area contributed by atoms with Gasteiger partial charge in [-0.15, -0.1) is 0 Å². The van der Waals surface area contributed by atoms with Gasteiger partial charge in [0.1, 0.15) is 11.6 Å². The standard InChI is InChI=1S/C17H19F2N/c1-12(10-14-11-15(18)8-9-16(14)19)17(20-2)13-6-4-3-5-7-13/h3-9,11-12,17,20H,10H2,1-2H3. The predicted molar refractivity (Wildman–Crippen MR) is 77.5 cm³/mol. The van der Waals surface area contributed by atoms with Crippen molar-refractivity contribution in [3.63, 3.8) is 0 Å². The summed E-state index contributed by atoms with van der Waals surface area (Å²) in [5, 5.41) is 3.26. The summed E-state index contributed by atoms with van der Waals surface area (Å²) in [5.41, 5.74) is 1.58. The van der Waals surface area contributed by atoms with E-state index in [4.69, 9.17) is 0 Å². The maximum absolute atomic E-state index is 13.7. The fourth-order valence-electron chi connectivity index (χ4n) is 2.60. The Kier molecular flexibility index (Phi) is 4.85. The molecule has 0 saturated heterocycles. The summed E-state index contributed by atoms with van der Waals surface area (Å²) in [4.78, 5) is 0. The lowest BCUT2D eigenvalue weighted by Gasteiger charge is -2.24. The van der Waals surface area contributed by atoms with Crippen LogP contribution in [0.25, 0.3) is 0 Å². The second-order valence-electron chi connectivity index (χ2n) is 5.09. The molecule has 0 heterocycles. The number of benzene rings is 2. The first-order valence-corrected chi connectivity index (χ1v) is 6.78. The van der Waals surface area contributed by atoms with Crippen LogP contribution in [-0.2, 0) is 6.42 Å². The van der Waals surface area contributed by atoms with Gasteiger partial charge < -0.3 is 5.32 Å². The van der Waals surface area contributed by atoms with Gasteiger partial charge in [-0.1, -0.05) is 37.3 Å². The van der Waals surface area contributed by atoms with Gasteiger partial charge >= 0.3 is 0 Å². The van der Waals surface area contributed by atoms with Gasteiger partial charge in [-0.05, 0) is 48.7 Å². The third kappa shape index (κ3) is 3.42. The monoisotopic (exact) mass is 275 g/mol. The van der Waals surface area contributed by atoms with Crippen molar-refractivity contribution in [2.75, 3.05) is 7.05 Å². The van der Waals surface area contributed by atoms with Crippen molar-refractivity contribution in [1.29, 1.82) is 0 Å². The van der Waals surface area contributed by atoms with E-state index in [-0.39, 0.29) is 17.8 Å². The van der Waals surface area contributed by atoms with Gasteiger partial charge in [0.25, 0.3) is 0 Å². The zero-order valence-corrected chi connectivity index (χ0v) is 11.7. The van der Waals surface area contributed by atoms with E-state index in [1.807, 2.05) is 44.3 Å². The Labute approximate surface area is 118 Å². The molecule has 0 aliphatic rings. The molecule has 0 bridgehead atoms. The highest BCUT2D eigenvalue weighted by Gasteiger charge is 2.19. The van der Waals surface area contributed by atoms with E-state index in [0.717, 1.165) is 11.6 Å². The van der Waals surface area contributed by atoms with Crippen molar-refractivity contribution >= 4 is 0 Å². The highest BCUT2D eigenvalue weighted by molar-refractivity contribution is 5.23. The Morgan fingerprint density at radius 1 is 1.05 bits per heavy atom. The summed E-state index contributed by atoms with van der Waals surface area (Å²) in [6.45, 7) is 2.04. The quantitative estimate of drug-likeness (QED) is 0.866. The zero-order chi connectivity index (χ0) is 14.5. The van der Waals surface area contributed by atoms with Crippen LogP contribution in [0.15, 0.2) is 48.5 Å². The van der Waals surface area contributed by atoms with Crippen LogP contribution in [-0.4, -0.2) is 7.05 Å². The molecule has 1 N–H and O–H groups in total. The Balaban J connectivity index is 2.17. The first-order valence-electron chi connectivity index (χ1n) is 6.78. The lowest BCUT2D eigenvalue weighted by atomic mass is 9.89. The molecule has 2 rings (SSSR count). The van der Waals surface area contributed by atoms with E-state index in [1.54, 1.807) is 0 Å². The SMILES string of the molecule is CNC(c1ccccc1)C(C)Cc1cc(F)ccc1F. The molecule has 3 heteroatoms. The normalized spacial score (nSPS) is 14.0. The van der Waals surface area contributed by atoms with Crippen LogP contribution >= 0.6 is 0 Å². The maximum atomic E-state index is 13.7. The lowest BCUT2D eigenvalue weighted by molar-refractivity contribution is 0.402. The molecule has 106 valence electrons. The van der Waals surface area contributed by atoms with Crippen molar-refractivity contribution in [1.82, 2.24) is 5.32 Å². The number of halogens is 2. The van der Waals surface area contributed by atoms with E-state index in [0.29, 0.717) is 12.0 Å². The molecule has 2 atom stereocenters. The van der Waals surface area contributed by atoms with E-state index in [1.165, 1.54) is 12.1 Å². The van der Waals surface area contributed by atoms with Crippen LogP contribution in [0.1, 0.15) is 24.1 Å². The third-order valence-electron chi connectivity index (χ3n) is 3.59. The Morgan fingerprint density at radius 2 is 1.75 bits per heavy atom. The van der Waals surface area contributed by atoms with E-state index >= 15 is 0 Å². The van der Waals surface area contributed by atoms with Crippen LogP contribution in [0.3, 0.4) is 0 Å². The molecular formula is C17H19F2N. The van der Waals surface area contributed by atoms with Crippen molar-refractivity contribution < 1.29 is 8.78 Å². The molecule has 0 spiro atoms. The predicted octanol–water partition coefficient (Wildman–Crippen LogP) is 4.10. The van der Waals surface area contributed by atoms with Crippen LogP contribution in [0.4, 0.5) is 8.78 Å². The average molecular weight is 275 g/mol. The smallest absolute Gasteiger partial charge is 0.126 e. The molecule has 0 aliphatic heterocycles. The molecule has 1 nitrogen and oxygen atoms in total. The summed E-state index contributed by atoms with van der Waals surface area (Å²) < 4.78 is 26.9. The topological polar surface area (TPSA) is 12.0 Å². The number of hydrogen-bond acceptors (Lipinski definition) is 1. The number of hydrogen-bond donors (Lipinski definition) is 1. The van der Waals surface area contributed by atoms with Crippen molar-refractivity contribution in [3.8, 4) is 0 Å². The van der Waals surface area contributed by atoms with Gasteiger partial charge in [0.2, 0.25) is 0 Å². The van der Waals surface area contributed by atoms with Gasteiger partial charge in [-0.25, -0.2) is 8.78 Å². The van der Waals surface area contributed by atoms with Crippen LogP contribution < -0.4 is 5.32 Å². The molecule has 0 aliphatic carbocycles. The molecular weight excluding hydrogens is 256 g/mol. The highest BCUT2D eigenvalue weighted by Crippen LogP contribution is 2.25. The third-order valence-corrected chi connectivity index (χ3v) is 3.59. The van der Waals surface area contributed by atoms with Gasteiger partial charge in [0.15, 0.2) is 0 Å². The number of rotatable bonds is 5. The molecule has 0 fully saturated rings. The molecule has 0 radical (unpaired) electrons. The van der Waals surface area contributed by atoms with Gasteiger partial charge in [-0.3, -0.25) is 0 Å². The van der Waals surface area contributed by atoms with Crippen molar-refractivity contribution in [3.05, 3.63) is 71.3 Å².